The molecule has 4 rings (SSSR count). The minimum Gasteiger partial charge on any atom is -0.295 e. The second-order valence-corrected chi connectivity index (χ2v) is 9.80. The summed E-state index contributed by atoms with van der Waals surface area (Å²) >= 11 is 16.4. The van der Waals surface area contributed by atoms with E-state index in [4.69, 9.17) is 39.8 Å². The van der Waals surface area contributed by atoms with Gasteiger partial charge in [-0.2, -0.15) is 0 Å². The van der Waals surface area contributed by atoms with Crippen molar-refractivity contribution < 1.29 is 13.6 Å². The predicted molar refractivity (Wildman–Crippen MR) is 141 cm³/mol. The molecular weight excluding hydrogens is 533 g/mol. The predicted octanol–water partition coefficient (Wildman–Crippen LogP) is 5.66. The fraction of sp³-hybridized carbons (Fsp3) is 0.125. The molecular formula is C24H18Cl3N3O4S. The first-order valence-corrected chi connectivity index (χ1v) is 12.5. The Morgan fingerprint density at radius 2 is 1.71 bits per heavy atom. The number of pyridine rings is 2. The van der Waals surface area contributed by atoms with Gasteiger partial charge in [0.15, 0.2) is 5.78 Å². The van der Waals surface area contributed by atoms with Gasteiger partial charge in [-0.05, 0) is 54.4 Å². The molecule has 180 valence electrons. The number of Topliss-reactive ketones (excluding diaryl/α,β-unsaturated/α-hetero) is 1. The standard InChI is InChI=1S/C24H18Cl3N3O4S/c1-12(31)21-19(11-28-35(33)34)18-10-17(13-3-5-14(25)6-4-13)22(29-23(18)30(2)24(21)32)16-8-7-15(26)9-20(16)27/h3-10,28H,11H2,1-2H3,(H,33,34). The lowest BCUT2D eigenvalue weighted by Crippen LogP contribution is -2.29. The van der Waals surface area contributed by atoms with Crippen molar-refractivity contribution in [2.45, 2.75) is 13.5 Å². The molecule has 4 aromatic rings. The van der Waals surface area contributed by atoms with Crippen molar-refractivity contribution in [1.29, 1.82) is 0 Å². The van der Waals surface area contributed by atoms with E-state index in [9.17, 15) is 18.4 Å². The van der Waals surface area contributed by atoms with Crippen LogP contribution < -0.4 is 10.3 Å². The molecule has 0 saturated carbocycles. The molecule has 0 aliphatic rings. The smallest absolute Gasteiger partial charge is 0.263 e. The van der Waals surface area contributed by atoms with Crippen LogP contribution in [0.2, 0.25) is 15.1 Å². The van der Waals surface area contributed by atoms with Crippen LogP contribution >= 0.6 is 34.8 Å². The molecule has 1 unspecified atom stereocenters. The number of nitrogens with zero attached hydrogens (tertiary/aromatic N) is 2. The minimum absolute atomic E-state index is 0.0842. The van der Waals surface area contributed by atoms with E-state index >= 15 is 0 Å². The van der Waals surface area contributed by atoms with Crippen LogP contribution in [0, 0.1) is 0 Å². The zero-order valence-corrected chi connectivity index (χ0v) is 21.5. The first-order chi connectivity index (χ1) is 16.6. The summed E-state index contributed by atoms with van der Waals surface area (Å²) in [6.45, 7) is 1.07. The largest absolute Gasteiger partial charge is 0.295 e. The zero-order chi connectivity index (χ0) is 25.4. The molecule has 0 radical (unpaired) electrons. The van der Waals surface area contributed by atoms with Gasteiger partial charge in [-0.25, -0.2) is 13.9 Å². The van der Waals surface area contributed by atoms with Gasteiger partial charge in [-0.1, -0.05) is 46.9 Å². The number of ketones is 1. The molecule has 0 fully saturated rings. The number of carbonyl (C=O) groups is 1. The highest BCUT2D eigenvalue weighted by molar-refractivity contribution is 7.77. The Bertz CT molecular complexity index is 1570. The third-order valence-electron chi connectivity index (χ3n) is 5.53. The van der Waals surface area contributed by atoms with Crippen molar-refractivity contribution >= 4 is 62.9 Å². The zero-order valence-electron chi connectivity index (χ0n) is 18.4. The molecule has 35 heavy (non-hydrogen) atoms. The SMILES string of the molecule is CC(=O)c1c(CNS(=O)O)c2cc(-c3ccc(Cl)cc3)c(-c3ccc(Cl)cc3Cl)nc2n(C)c1=O. The van der Waals surface area contributed by atoms with Gasteiger partial charge in [-0.15, -0.1) is 0 Å². The van der Waals surface area contributed by atoms with E-state index in [1.165, 1.54) is 18.5 Å². The van der Waals surface area contributed by atoms with Crippen molar-refractivity contribution in [2.24, 2.45) is 7.05 Å². The Balaban J connectivity index is 2.16. The Morgan fingerprint density at radius 1 is 1.06 bits per heavy atom. The van der Waals surface area contributed by atoms with Crippen LogP contribution in [-0.4, -0.2) is 24.1 Å². The quantitative estimate of drug-likeness (QED) is 0.238. The van der Waals surface area contributed by atoms with Gasteiger partial charge >= 0.3 is 0 Å². The molecule has 2 heterocycles. The van der Waals surface area contributed by atoms with E-state index in [1.54, 1.807) is 36.4 Å². The molecule has 2 N–H and O–H groups in total. The van der Waals surface area contributed by atoms with E-state index in [0.29, 0.717) is 37.3 Å². The molecule has 0 spiro atoms. The third kappa shape index (κ3) is 5.04. The van der Waals surface area contributed by atoms with Crippen molar-refractivity contribution in [3.8, 4) is 22.4 Å². The van der Waals surface area contributed by atoms with Crippen LogP contribution in [0.15, 0.2) is 53.3 Å². The maximum atomic E-state index is 13.1. The molecule has 0 saturated heterocycles. The molecule has 1 atom stereocenters. The van der Waals surface area contributed by atoms with Crippen LogP contribution in [-0.2, 0) is 24.9 Å². The van der Waals surface area contributed by atoms with Gasteiger partial charge < -0.3 is 0 Å². The number of aryl methyl sites for hydroxylation is 1. The molecule has 7 nitrogen and oxygen atoms in total. The normalized spacial score (nSPS) is 12.2. The Morgan fingerprint density at radius 3 is 2.31 bits per heavy atom. The number of hydrogen-bond acceptors (Lipinski definition) is 4. The number of aromatic nitrogens is 2. The van der Waals surface area contributed by atoms with Crippen molar-refractivity contribution in [1.82, 2.24) is 14.3 Å². The summed E-state index contributed by atoms with van der Waals surface area (Å²) in [5, 5.41) is 1.83. The van der Waals surface area contributed by atoms with E-state index in [0.717, 1.165) is 5.56 Å². The van der Waals surface area contributed by atoms with Crippen LogP contribution in [0.5, 0.6) is 0 Å². The van der Waals surface area contributed by atoms with Gasteiger partial charge in [0, 0.05) is 40.2 Å². The highest BCUT2D eigenvalue weighted by Crippen LogP contribution is 2.38. The van der Waals surface area contributed by atoms with Crippen molar-refractivity contribution in [3.63, 3.8) is 0 Å². The maximum Gasteiger partial charge on any atom is 0.263 e. The number of fused-ring (bicyclic) bond motifs is 1. The highest BCUT2D eigenvalue weighted by Gasteiger charge is 2.23. The summed E-state index contributed by atoms with van der Waals surface area (Å²) in [4.78, 5) is 30.4. The lowest BCUT2D eigenvalue weighted by Gasteiger charge is -2.18. The highest BCUT2D eigenvalue weighted by atomic mass is 35.5. The van der Waals surface area contributed by atoms with Gasteiger partial charge in [0.25, 0.3) is 5.56 Å². The van der Waals surface area contributed by atoms with Crippen molar-refractivity contribution in [2.75, 3.05) is 0 Å². The summed E-state index contributed by atoms with van der Waals surface area (Å²) in [7, 11) is 1.51. The number of rotatable bonds is 6. The van der Waals surface area contributed by atoms with Crippen LogP contribution in [0.1, 0.15) is 22.8 Å². The molecule has 2 aromatic heterocycles. The third-order valence-corrected chi connectivity index (χ3v) is 6.72. The molecule has 0 aliphatic carbocycles. The van der Waals surface area contributed by atoms with Crippen LogP contribution in [0.3, 0.4) is 0 Å². The second kappa shape index (κ2) is 10.2. The van der Waals surface area contributed by atoms with E-state index in [2.05, 4.69) is 4.72 Å². The Kier molecular flexibility index (Phi) is 7.42. The molecule has 2 aromatic carbocycles. The van der Waals surface area contributed by atoms with Gasteiger partial charge in [0.05, 0.1) is 16.3 Å². The summed E-state index contributed by atoms with van der Waals surface area (Å²) in [5.74, 6) is -0.467. The second-order valence-electron chi connectivity index (χ2n) is 7.73. The first-order valence-electron chi connectivity index (χ1n) is 10.2. The Labute approximate surface area is 218 Å². The number of carbonyl (C=O) groups excluding carboxylic acids is 1. The summed E-state index contributed by atoms with van der Waals surface area (Å²) in [6.07, 6.45) is 0. The lowest BCUT2D eigenvalue weighted by molar-refractivity contribution is 0.101. The summed E-state index contributed by atoms with van der Waals surface area (Å²) in [5.41, 5.74) is 2.38. The topological polar surface area (TPSA) is 101 Å². The molecule has 0 amide bonds. The summed E-state index contributed by atoms with van der Waals surface area (Å²) < 4.78 is 24.3. The number of hydrogen-bond donors (Lipinski definition) is 2. The van der Waals surface area contributed by atoms with Gasteiger partial charge in [-0.3, -0.25) is 18.7 Å². The van der Waals surface area contributed by atoms with Crippen LogP contribution in [0.25, 0.3) is 33.4 Å². The van der Waals surface area contributed by atoms with Crippen molar-refractivity contribution in [3.05, 3.63) is 85.1 Å². The van der Waals surface area contributed by atoms with Crippen LogP contribution in [0.4, 0.5) is 0 Å². The van der Waals surface area contributed by atoms with E-state index in [1.807, 2.05) is 12.1 Å². The number of benzene rings is 2. The number of nitrogens with one attached hydrogen (secondary N) is 1. The first kappa shape index (κ1) is 25.5. The fourth-order valence-corrected chi connectivity index (χ4v) is 4.82. The van der Waals surface area contributed by atoms with E-state index < -0.39 is 22.6 Å². The molecule has 0 bridgehead atoms. The number of halogens is 3. The van der Waals surface area contributed by atoms with Gasteiger partial charge in [0.2, 0.25) is 11.3 Å². The average molecular weight is 551 g/mol. The van der Waals surface area contributed by atoms with Gasteiger partial charge in [0.1, 0.15) is 5.65 Å². The maximum absolute atomic E-state index is 13.1. The molecule has 0 aliphatic heterocycles. The fourth-order valence-electron chi connectivity index (χ4n) is 3.93. The average Bonchev–Trinajstić information content (AvgIpc) is 2.80. The van der Waals surface area contributed by atoms with E-state index in [-0.39, 0.29) is 23.3 Å². The monoisotopic (exact) mass is 549 g/mol. The molecule has 11 heteroatoms. The summed E-state index contributed by atoms with van der Waals surface area (Å²) in [6, 6.07) is 13.9. The Hall–Kier alpha value is -2.59. The lowest BCUT2D eigenvalue weighted by atomic mass is 9.95. The minimum atomic E-state index is -2.36.